The summed E-state index contributed by atoms with van der Waals surface area (Å²) >= 11 is 1.76. The SMILES string of the molecule is CN1CCN(c2ncc(CN3CCc4nc(N)[nH]c(=O)c4C3)s2)CC1. The molecule has 2 aliphatic heterocycles. The minimum absolute atomic E-state index is 0.116. The highest BCUT2D eigenvalue weighted by atomic mass is 32.1. The maximum absolute atomic E-state index is 12.1. The fourth-order valence-electron chi connectivity index (χ4n) is 3.37. The van der Waals surface area contributed by atoms with E-state index < -0.39 is 0 Å². The summed E-state index contributed by atoms with van der Waals surface area (Å²) in [5.74, 6) is 0.205. The van der Waals surface area contributed by atoms with E-state index in [0.29, 0.717) is 6.54 Å². The number of H-pyrrole nitrogens is 1. The monoisotopic (exact) mass is 361 g/mol. The molecule has 2 aliphatic rings. The van der Waals surface area contributed by atoms with Crippen molar-refractivity contribution in [2.24, 2.45) is 0 Å². The van der Waals surface area contributed by atoms with Gasteiger partial charge >= 0.3 is 0 Å². The molecule has 134 valence electrons. The van der Waals surface area contributed by atoms with Crippen molar-refractivity contribution in [1.29, 1.82) is 0 Å². The van der Waals surface area contributed by atoms with Gasteiger partial charge in [-0.1, -0.05) is 0 Å². The van der Waals surface area contributed by atoms with Gasteiger partial charge in [0.2, 0.25) is 5.95 Å². The first-order chi connectivity index (χ1) is 12.1. The first kappa shape index (κ1) is 16.5. The number of hydrogen-bond donors (Lipinski definition) is 2. The Morgan fingerprint density at radius 3 is 2.88 bits per heavy atom. The highest BCUT2D eigenvalue weighted by Gasteiger charge is 2.22. The van der Waals surface area contributed by atoms with Gasteiger partial charge in [0.25, 0.3) is 5.56 Å². The lowest BCUT2D eigenvalue weighted by atomic mass is 10.1. The van der Waals surface area contributed by atoms with Gasteiger partial charge in [0.1, 0.15) is 0 Å². The van der Waals surface area contributed by atoms with Gasteiger partial charge in [0.05, 0.1) is 11.3 Å². The van der Waals surface area contributed by atoms with E-state index >= 15 is 0 Å². The van der Waals surface area contributed by atoms with Crippen LogP contribution in [0.5, 0.6) is 0 Å². The van der Waals surface area contributed by atoms with Gasteiger partial charge in [0.15, 0.2) is 5.13 Å². The van der Waals surface area contributed by atoms with Crippen molar-refractivity contribution in [3.8, 4) is 0 Å². The third kappa shape index (κ3) is 3.53. The van der Waals surface area contributed by atoms with Crippen molar-refractivity contribution in [3.63, 3.8) is 0 Å². The van der Waals surface area contributed by atoms with Gasteiger partial charge in [0, 0.05) is 63.3 Å². The minimum Gasteiger partial charge on any atom is -0.369 e. The Kier molecular flexibility index (Phi) is 4.45. The van der Waals surface area contributed by atoms with Gasteiger partial charge in [-0.15, -0.1) is 11.3 Å². The summed E-state index contributed by atoms with van der Waals surface area (Å²) in [6.07, 6.45) is 2.73. The molecule has 0 atom stereocenters. The van der Waals surface area contributed by atoms with Gasteiger partial charge in [-0.3, -0.25) is 14.7 Å². The van der Waals surface area contributed by atoms with Gasteiger partial charge in [-0.25, -0.2) is 9.97 Å². The number of nitrogens with one attached hydrogen (secondary N) is 1. The van der Waals surface area contributed by atoms with Crippen molar-refractivity contribution in [2.75, 3.05) is 50.4 Å². The van der Waals surface area contributed by atoms with Crippen LogP contribution < -0.4 is 16.2 Å². The first-order valence-corrected chi connectivity index (χ1v) is 9.38. The molecule has 1 saturated heterocycles. The molecule has 25 heavy (non-hydrogen) atoms. The summed E-state index contributed by atoms with van der Waals surface area (Å²) in [4.78, 5) is 31.8. The number of nitrogen functional groups attached to an aromatic ring is 1. The summed E-state index contributed by atoms with van der Waals surface area (Å²) in [6.45, 7) is 6.53. The molecular formula is C16H23N7OS. The summed E-state index contributed by atoms with van der Waals surface area (Å²) < 4.78 is 0. The van der Waals surface area contributed by atoms with Crippen LogP contribution in [0.1, 0.15) is 16.1 Å². The number of nitrogens with two attached hydrogens (primary N) is 1. The molecule has 2 aromatic rings. The number of anilines is 2. The molecule has 8 nitrogen and oxygen atoms in total. The largest absolute Gasteiger partial charge is 0.369 e. The topological polar surface area (TPSA) is 94.4 Å². The third-order valence-electron chi connectivity index (χ3n) is 4.86. The molecule has 0 aliphatic carbocycles. The fourth-order valence-corrected chi connectivity index (χ4v) is 4.37. The Balaban J connectivity index is 1.42. The number of aromatic amines is 1. The quantitative estimate of drug-likeness (QED) is 0.802. The van der Waals surface area contributed by atoms with E-state index in [1.807, 2.05) is 6.20 Å². The second kappa shape index (κ2) is 6.74. The van der Waals surface area contributed by atoms with Crippen molar-refractivity contribution >= 4 is 22.4 Å². The third-order valence-corrected chi connectivity index (χ3v) is 5.90. The second-order valence-electron chi connectivity index (χ2n) is 6.74. The first-order valence-electron chi connectivity index (χ1n) is 8.56. The van der Waals surface area contributed by atoms with Crippen LogP contribution in [0.2, 0.25) is 0 Å². The molecule has 2 aromatic heterocycles. The number of likely N-dealkylation sites (N-methyl/N-ethyl adjacent to an activating group) is 1. The molecule has 0 radical (unpaired) electrons. The summed E-state index contributed by atoms with van der Waals surface area (Å²) in [7, 11) is 2.16. The fraction of sp³-hybridized carbons (Fsp3) is 0.562. The average Bonchev–Trinajstić information content (AvgIpc) is 3.04. The number of piperazine rings is 1. The number of hydrogen-bond acceptors (Lipinski definition) is 8. The number of aromatic nitrogens is 3. The molecule has 0 saturated carbocycles. The van der Waals surface area contributed by atoms with Gasteiger partial charge in [-0.2, -0.15) is 0 Å². The highest BCUT2D eigenvalue weighted by Crippen LogP contribution is 2.26. The van der Waals surface area contributed by atoms with Crippen LogP contribution in [-0.2, 0) is 19.5 Å². The number of nitrogens with zero attached hydrogens (tertiary/aromatic N) is 5. The van der Waals surface area contributed by atoms with Crippen molar-refractivity contribution in [2.45, 2.75) is 19.5 Å². The summed E-state index contributed by atoms with van der Waals surface area (Å²) in [5, 5.41) is 1.10. The molecule has 1 fully saturated rings. The van der Waals surface area contributed by atoms with Crippen LogP contribution in [0.15, 0.2) is 11.0 Å². The summed E-state index contributed by atoms with van der Waals surface area (Å²) in [6, 6.07) is 0. The standard InChI is InChI=1S/C16H23N7OS/c1-21-4-6-23(7-5-21)16-18-8-11(25-16)9-22-3-2-13-12(10-22)14(24)20-15(17)19-13/h8H,2-7,9-10H2,1H3,(H3,17,19,20,24). The molecule has 9 heteroatoms. The molecule has 3 N–H and O–H groups in total. The minimum atomic E-state index is -0.116. The van der Waals surface area contributed by atoms with Crippen LogP contribution in [0.3, 0.4) is 0 Å². The molecule has 4 rings (SSSR count). The van der Waals surface area contributed by atoms with E-state index in [-0.39, 0.29) is 11.5 Å². The normalized spacial score (nSPS) is 19.2. The Bertz CT molecular complexity index is 809. The lowest BCUT2D eigenvalue weighted by Crippen LogP contribution is -2.44. The number of rotatable bonds is 3. The van der Waals surface area contributed by atoms with E-state index in [0.717, 1.165) is 62.1 Å². The van der Waals surface area contributed by atoms with E-state index in [1.54, 1.807) is 11.3 Å². The Hall–Kier alpha value is -1.97. The molecular weight excluding hydrogens is 338 g/mol. The van der Waals surface area contributed by atoms with Crippen molar-refractivity contribution in [3.05, 3.63) is 32.7 Å². The van der Waals surface area contributed by atoms with Crippen LogP contribution in [0, 0.1) is 0 Å². The Morgan fingerprint density at radius 1 is 1.28 bits per heavy atom. The van der Waals surface area contributed by atoms with Gasteiger partial charge < -0.3 is 15.5 Å². The maximum atomic E-state index is 12.1. The Morgan fingerprint density at radius 2 is 2.08 bits per heavy atom. The zero-order valence-electron chi connectivity index (χ0n) is 14.4. The molecule has 4 heterocycles. The van der Waals surface area contributed by atoms with E-state index in [2.05, 4.69) is 36.7 Å². The van der Waals surface area contributed by atoms with Crippen LogP contribution in [-0.4, -0.2) is 64.5 Å². The average molecular weight is 361 g/mol. The highest BCUT2D eigenvalue weighted by molar-refractivity contribution is 7.15. The number of fused-ring (bicyclic) bond motifs is 1. The van der Waals surface area contributed by atoms with Crippen LogP contribution in [0.25, 0.3) is 0 Å². The smallest absolute Gasteiger partial charge is 0.257 e. The molecule has 0 amide bonds. The lowest BCUT2D eigenvalue weighted by Gasteiger charge is -2.32. The molecule has 0 bridgehead atoms. The van der Waals surface area contributed by atoms with Crippen molar-refractivity contribution < 1.29 is 0 Å². The molecule has 0 aromatic carbocycles. The van der Waals surface area contributed by atoms with Crippen molar-refractivity contribution in [1.82, 2.24) is 24.8 Å². The lowest BCUT2D eigenvalue weighted by molar-refractivity contribution is 0.244. The van der Waals surface area contributed by atoms with E-state index in [9.17, 15) is 4.79 Å². The maximum Gasteiger partial charge on any atom is 0.257 e. The van der Waals surface area contributed by atoms with E-state index in [4.69, 9.17) is 5.73 Å². The molecule has 0 unspecified atom stereocenters. The zero-order chi connectivity index (χ0) is 17.4. The predicted molar refractivity (Wildman–Crippen MR) is 98.9 cm³/mol. The second-order valence-corrected chi connectivity index (χ2v) is 7.83. The Labute approximate surface area is 150 Å². The van der Waals surface area contributed by atoms with Gasteiger partial charge in [-0.05, 0) is 7.05 Å². The number of thiazole rings is 1. The van der Waals surface area contributed by atoms with Crippen LogP contribution in [0.4, 0.5) is 11.1 Å². The zero-order valence-corrected chi connectivity index (χ0v) is 15.2. The molecule has 0 spiro atoms. The summed E-state index contributed by atoms with van der Waals surface area (Å²) in [5.41, 5.74) is 7.09. The predicted octanol–water partition coefficient (Wildman–Crippen LogP) is 0.119. The van der Waals surface area contributed by atoms with E-state index in [1.165, 1.54) is 4.88 Å². The van der Waals surface area contributed by atoms with Crippen LogP contribution >= 0.6 is 11.3 Å².